The zero-order chi connectivity index (χ0) is 13.4. The third-order valence-corrected chi connectivity index (χ3v) is 2.67. The summed E-state index contributed by atoms with van der Waals surface area (Å²) in [7, 11) is 1.86. The van der Waals surface area contributed by atoms with Gasteiger partial charge in [-0.2, -0.15) is 0 Å². The van der Waals surface area contributed by atoms with Crippen LogP contribution < -0.4 is 0 Å². The third-order valence-electron chi connectivity index (χ3n) is 2.67. The minimum atomic E-state index is 0.0828. The van der Waals surface area contributed by atoms with E-state index >= 15 is 0 Å². The van der Waals surface area contributed by atoms with E-state index in [1.54, 1.807) is 4.90 Å². The highest BCUT2D eigenvalue weighted by Crippen LogP contribution is 2.07. The smallest absolute Gasteiger partial charge is 0.225 e. The first-order chi connectivity index (χ1) is 7.84. The van der Waals surface area contributed by atoms with E-state index in [-0.39, 0.29) is 11.8 Å². The van der Waals surface area contributed by atoms with Crippen molar-refractivity contribution in [3.05, 3.63) is 23.3 Å². The predicted molar refractivity (Wildman–Crippen MR) is 74.9 cm³/mol. The summed E-state index contributed by atoms with van der Waals surface area (Å²) in [5.41, 5.74) is 2.72. The zero-order valence-corrected chi connectivity index (χ0v) is 12.2. The van der Waals surface area contributed by atoms with Crippen LogP contribution in [0, 0.1) is 5.92 Å². The van der Waals surface area contributed by atoms with E-state index in [4.69, 9.17) is 0 Å². The molecule has 0 atom stereocenters. The summed E-state index contributed by atoms with van der Waals surface area (Å²) < 4.78 is 0. The minimum absolute atomic E-state index is 0.0828. The largest absolute Gasteiger partial charge is 0.342 e. The van der Waals surface area contributed by atoms with E-state index in [0.717, 1.165) is 19.4 Å². The van der Waals surface area contributed by atoms with Crippen molar-refractivity contribution in [1.82, 2.24) is 4.90 Å². The molecule has 0 aliphatic carbocycles. The van der Waals surface area contributed by atoms with Crippen molar-refractivity contribution in [1.29, 1.82) is 0 Å². The Labute approximate surface area is 106 Å². The predicted octanol–water partition coefficient (Wildman–Crippen LogP) is 3.79. The van der Waals surface area contributed by atoms with Gasteiger partial charge in [-0.1, -0.05) is 37.1 Å². The summed E-state index contributed by atoms with van der Waals surface area (Å²) >= 11 is 0. The van der Waals surface area contributed by atoms with Gasteiger partial charge in [0, 0.05) is 19.5 Å². The summed E-state index contributed by atoms with van der Waals surface area (Å²) in [6.45, 7) is 11.0. The second kappa shape index (κ2) is 8.10. The molecule has 2 nitrogen and oxygen atoms in total. The number of hydrogen-bond acceptors (Lipinski definition) is 1. The van der Waals surface area contributed by atoms with Crippen LogP contribution in [-0.2, 0) is 4.79 Å². The van der Waals surface area contributed by atoms with Gasteiger partial charge in [-0.05, 0) is 33.6 Å². The van der Waals surface area contributed by atoms with Crippen LogP contribution in [0.5, 0.6) is 0 Å². The van der Waals surface area contributed by atoms with E-state index < -0.39 is 0 Å². The Hall–Kier alpha value is -1.05. The fraction of sp³-hybridized carbons (Fsp3) is 0.667. The normalized spacial score (nSPS) is 11.6. The van der Waals surface area contributed by atoms with Crippen molar-refractivity contribution >= 4 is 5.91 Å². The number of carbonyl (C=O) groups excluding carboxylic acids is 1. The SMILES string of the molecule is CC(C)=CCC/C(C)=C\CN(C)C(=O)C(C)C. The van der Waals surface area contributed by atoms with Gasteiger partial charge in [0.05, 0.1) is 0 Å². The van der Waals surface area contributed by atoms with E-state index in [2.05, 4.69) is 32.9 Å². The molecular formula is C15H27NO. The summed E-state index contributed by atoms with van der Waals surface area (Å²) in [4.78, 5) is 13.4. The molecule has 0 aromatic heterocycles. The number of allylic oxidation sites excluding steroid dienone is 3. The van der Waals surface area contributed by atoms with Crippen LogP contribution in [0.25, 0.3) is 0 Å². The van der Waals surface area contributed by atoms with Gasteiger partial charge in [0.2, 0.25) is 5.91 Å². The molecule has 0 fully saturated rings. The summed E-state index contributed by atoms with van der Waals surface area (Å²) in [5.74, 6) is 0.290. The van der Waals surface area contributed by atoms with Crippen LogP contribution in [0.4, 0.5) is 0 Å². The van der Waals surface area contributed by atoms with Gasteiger partial charge in [0.15, 0.2) is 0 Å². The molecule has 0 N–H and O–H groups in total. The van der Waals surface area contributed by atoms with Crippen molar-refractivity contribution in [2.45, 2.75) is 47.5 Å². The second-order valence-electron chi connectivity index (χ2n) is 5.24. The molecular weight excluding hydrogens is 210 g/mol. The number of hydrogen-bond donors (Lipinski definition) is 0. The summed E-state index contributed by atoms with van der Waals surface area (Å²) in [6.07, 6.45) is 6.57. The second-order valence-corrected chi connectivity index (χ2v) is 5.24. The zero-order valence-electron chi connectivity index (χ0n) is 12.2. The highest BCUT2D eigenvalue weighted by Gasteiger charge is 2.10. The lowest BCUT2D eigenvalue weighted by atomic mass is 10.1. The standard InChI is InChI=1S/C15H27NO/c1-12(2)8-7-9-14(5)10-11-16(6)15(17)13(3)4/h8,10,13H,7,9,11H2,1-6H3/b14-10-. The van der Waals surface area contributed by atoms with Crippen LogP contribution in [0.15, 0.2) is 23.3 Å². The fourth-order valence-corrected chi connectivity index (χ4v) is 1.51. The maximum absolute atomic E-state index is 11.6. The molecule has 0 bridgehead atoms. The Kier molecular flexibility index (Phi) is 7.60. The topological polar surface area (TPSA) is 20.3 Å². The van der Waals surface area contributed by atoms with E-state index in [1.807, 2.05) is 20.9 Å². The first-order valence-corrected chi connectivity index (χ1v) is 6.38. The van der Waals surface area contributed by atoms with Crippen LogP contribution in [0.1, 0.15) is 47.5 Å². The lowest BCUT2D eigenvalue weighted by molar-refractivity contribution is -0.132. The van der Waals surface area contributed by atoms with Crippen LogP contribution in [-0.4, -0.2) is 24.4 Å². The van der Waals surface area contributed by atoms with Crippen LogP contribution in [0.3, 0.4) is 0 Å². The molecule has 0 heterocycles. The number of carbonyl (C=O) groups is 1. The molecule has 0 aliphatic heterocycles. The average Bonchev–Trinajstić information content (AvgIpc) is 2.24. The number of likely N-dealkylation sites (N-methyl/N-ethyl adjacent to an activating group) is 1. The van der Waals surface area contributed by atoms with Crippen molar-refractivity contribution in [2.75, 3.05) is 13.6 Å². The Balaban J connectivity index is 4.06. The number of rotatable bonds is 6. The summed E-state index contributed by atoms with van der Waals surface area (Å²) in [5, 5.41) is 0. The van der Waals surface area contributed by atoms with Gasteiger partial charge < -0.3 is 4.90 Å². The Morgan fingerprint density at radius 1 is 1.18 bits per heavy atom. The molecule has 1 amide bonds. The van der Waals surface area contributed by atoms with Gasteiger partial charge in [0.1, 0.15) is 0 Å². The molecule has 0 saturated carbocycles. The third kappa shape index (κ3) is 7.78. The lowest BCUT2D eigenvalue weighted by Crippen LogP contribution is -2.30. The molecule has 0 saturated heterocycles. The molecule has 0 aliphatic rings. The first-order valence-electron chi connectivity index (χ1n) is 6.38. The fourth-order valence-electron chi connectivity index (χ4n) is 1.51. The minimum Gasteiger partial charge on any atom is -0.342 e. The van der Waals surface area contributed by atoms with Gasteiger partial charge in [0.25, 0.3) is 0 Å². The average molecular weight is 237 g/mol. The van der Waals surface area contributed by atoms with Crippen molar-refractivity contribution in [2.24, 2.45) is 5.92 Å². The molecule has 0 spiro atoms. The number of nitrogens with zero attached hydrogens (tertiary/aromatic N) is 1. The highest BCUT2D eigenvalue weighted by atomic mass is 16.2. The molecule has 0 rings (SSSR count). The lowest BCUT2D eigenvalue weighted by Gasteiger charge is -2.17. The molecule has 98 valence electrons. The molecule has 0 radical (unpaired) electrons. The molecule has 2 heteroatoms. The van der Waals surface area contributed by atoms with Crippen molar-refractivity contribution in [3.63, 3.8) is 0 Å². The van der Waals surface area contributed by atoms with Gasteiger partial charge >= 0.3 is 0 Å². The monoisotopic (exact) mass is 237 g/mol. The van der Waals surface area contributed by atoms with Crippen LogP contribution >= 0.6 is 0 Å². The first kappa shape index (κ1) is 16.0. The molecule has 0 unspecified atom stereocenters. The number of amides is 1. The highest BCUT2D eigenvalue weighted by molar-refractivity contribution is 5.77. The van der Waals surface area contributed by atoms with Crippen molar-refractivity contribution in [3.8, 4) is 0 Å². The van der Waals surface area contributed by atoms with Crippen LogP contribution in [0.2, 0.25) is 0 Å². The maximum atomic E-state index is 11.6. The maximum Gasteiger partial charge on any atom is 0.225 e. The van der Waals surface area contributed by atoms with Crippen molar-refractivity contribution < 1.29 is 4.79 Å². The van der Waals surface area contributed by atoms with E-state index in [0.29, 0.717) is 0 Å². The summed E-state index contributed by atoms with van der Waals surface area (Å²) in [6, 6.07) is 0. The Bertz CT molecular complexity index is 296. The van der Waals surface area contributed by atoms with Gasteiger partial charge in [-0.15, -0.1) is 0 Å². The molecule has 0 aromatic carbocycles. The van der Waals surface area contributed by atoms with E-state index in [9.17, 15) is 4.79 Å². The Morgan fingerprint density at radius 3 is 2.24 bits per heavy atom. The van der Waals surface area contributed by atoms with Gasteiger partial charge in [-0.3, -0.25) is 4.79 Å². The van der Waals surface area contributed by atoms with E-state index in [1.165, 1.54) is 11.1 Å². The van der Waals surface area contributed by atoms with Gasteiger partial charge in [-0.25, -0.2) is 0 Å². The molecule has 17 heavy (non-hydrogen) atoms. The quantitative estimate of drug-likeness (QED) is 0.644. The molecule has 0 aromatic rings. The Morgan fingerprint density at radius 2 is 1.76 bits per heavy atom.